The number of esters is 1. The topological polar surface area (TPSA) is 87.3 Å². The molecule has 1 unspecified atom stereocenters. The van der Waals surface area contributed by atoms with Crippen molar-refractivity contribution in [1.29, 1.82) is 0 Å². The number of likely N-dealkylation sites (tertiary alicyclic amines) is 1. The zero-order valence-electron chi connectivity index (χ0n) is 14.8. The second-order valence-electron chi connectivity index (χ2n) is 7.21. The number of ether oxygens (including phenoxy) is 1. The number of rotatable bonds is 5. The molecule has 24 heavy (non-hydrogen) atoms. The molecule has 2 rings (SSSR count). The van der Waals surface area contributed by atoms with Gasteiger partial charge in [0.15, 0.2) is 0 Å². The molecule has 0 bridgehead atoms. The monoisotopic (exact) mass is 336 g/mol. The molecule has 1 aliphatic heterocycles. The summed E-state index contributed by atoms with van der Waals surface area (Å²) in [6.45, 7) is 6.74. The highest BCUT2D eigenvalue weighted by molar-refractivity contribution is 5.75. The van der Waals surface area contributed by atoms with E-state index in [-0.39, 0.29) is 18.0 Å². The number of urea groups is 1. The Bertz CT molecular complexity index is 537. The molecule has 2 amide bonds. The molecule has 1 atom stereocenters. The summed E-state index contributed by atoms with van der Waals surface area (Å²) in [5, 5.41) is 9.60. The van der Waals surface area contributed by atoms with E-state index in [9.17, 15) is 9.59 Å². The molecule has 0 spiro atoms. The molecular formula is C17H28N4O3. The van der Waals surface area contributed by atoms with Crippen molar-refractivity contribution >= 4 is 12.0 Å². The number of carbonyl (C=O) groups excluding carboxylic acids is 2. The first-order valence-corrected chi connectivity index (χ1v) is 8.60. The number of hydrogen-bond donors (Lipinski definition) is 2. The summed E-state index contributed by atoms with van der Waals surface area (Å²) in [4.78, 5) is 26.2. The molecule has 1 aromatic rings. The van der Waals surface area contributed by atoms with Gasteiger partial charge < -0.3 is 15.0 Å². The normalized spacial score (nSPS) is 18.3. The first kappa shape index (κ1) is 18.3. The fourth-order valence-electron chi connectivity index (χ4n) is 2.90. The van der Waals surface area contributed by atoms with Crippen molar-refractivity contribution in [3.63, 3.8) is 0 Å². The number of hydrogen-bond acceptors (Lipinski definition) is 4. The molecule has 0 saturated carbocycles. The van der Waals surface area contributed by atoms with Crippen LogP contribution in [0.5, 0.6) is 0 Å². The van der Waals surface area contributed by atoms with Gasteiger partial charge in [-0.2, -0.15) is 5.10 Å². The predicted octanol–water partition coefficient (Wildman–Crippen LogP) is 2.60. The van der Waals surface area contributed by atoms with Crippen LogP contribution in [0, 0.1) is 0 Å². The quantitative estimate of drug-likeness (QED) is 0.809. The second-order valence-corrected chi connectivity index (χ2v) is 7.21. The standard InChI is InChI=1S/C17H28N4O3/c1-17(2,3)24-15(22)8-7-14-6-4-5-11-21(14)16(23)18-12-13-9-10-19-20-13/h9-10,14H,4-8,11-12H2,1-3H3,(H,18,23)(H,19,20). The molecule has 0 aliphatic carbocycles. The summed E-state index contributed by atoms with van der Waals surface area (Å²) < 4.78 is 5.35. The van der Waals surface area contributed by atoms with Crippen molar-refractivity contribution in [2.24, 2.45) is 0 Å². The smallest absolute Gasteiger partial charge is 0.317 e. The van der Waals surface area contributed by atoms with Gasteiger partial charge in [0.2, 0.25) is 0 Å². The van der Waals surface area contributed by atoms with Gasteiger partial charge in [-0.3, -0.25) is 9.89 Å². The molecule has 1 aromatic heterocycles. The van der Waals surface area contributed by atoms with E-state index in [0.29, 0.717) is 19.4 Å². The molecular weight excluding hydrogens is 308 g/mol. The average molecular weight is 336 g/mol. The van der Waals surface area contributed by atoms with E-state index in [2.05, 4.69) is 15.5 Å². The third kappa shape index (κ3) is 5.86. The third-order valence-corrected chi connectivity index (χ3v) is 3.98. The Balaban J connectivity index is 1.83. The van der Waals surface area contributed by atoms with E-state index in [4.69, 9.17) is 4.74 Å². The van der Waals surface area contributed by atoms with Gasteiger partial charge in [-0.05, 0) is 52.5 Å². The van der Waals surface area contributed by atoms with Gasteiger partial charge >= 0.3 is 12.0 Å². The van der Waals surface area contributed by atoms with Crippen LogP contribution in [0.1, 0.15) is 58.6 Å². The van der Waals surface area contributed by atoms with Crippen LogP contribution in [0.15, 0.2) is 12.3 Å². The van der Waals surface area contributed by atoms with Gasteiger partial charge in [0.1, 0.15) is 5.60 Å². The minimum Gasteiger partial charge on any atom is -0.460 e. The number of amides is 2. The lowest BCUT2D eigenvalue weighted by Gasteiger charge is -2.35. The Morgan fingerprint density at radius 3 is 2.88 bits per heavy atom. The number of aromatic amines is 1. The van der Waals surface area contributed by atoms with Crippen molar-refractivity contribution in [3.8, 4) is 0 Å². The Hall–Kier alpha value is -2.05. The van der Waals surface area contributed by atoms with Gasteiger partial charge in [-0.15, -0.1) is 0 Å². The summed E-state index contributed by atoms with van der Waals surface area (Å²) in [5.74, 6) is -0.203. The minimum absolute atomic E-state index is 0.0847. The molecule has 1 saturated heterocycles. The minimum atomic E-state index is -0.467. The lowest BCUT2D eigenvalue weighted by Crippen LogP contribution is -2.48. The Morgan fingerprint density at radius 1 is 1.42 bits per heavy atom. The predicted molar refractivity (Wildman–Crippen MR) is 90.2 cm³/mol. The first-order chi connectivity index (χ1) is 11.3. The van der Waals surface area contributed by atoms with Crippen molar-refractivity contribution in [2.75, 3.05) is 6.54 Å². The van der Waals surface area contributed by atoms with E-state index in [1.807, 2.05) is 31.7 Å². The van der Waals surface area contributed by atoms with Gasteiger partial charge in [-0.1, -0.05) is 0 Å². The average Bonchev–Trinajstić information content (AvgIpc) is 3.02. The number of piperidine rings is 1. The largest absolute Gasteiger partial charge is 0.460 e. The van der Waals surface area contributed by atoms with E-state index in [1.165, 1.54) is 0 Å². The molecule has 1 aliphatic rings. The summed E-state index contributed by atoms with van der Waals surface area (Å²) in [5.41, 5.74) is 0.399. The zero-order chi connectivity index (χ0) is 17.6. The van der Waals surface area contributed by atoms with E-state index in [0.717, 1.165) is 31.5 Å². The Kier molecular flexibility index (Phi) is 6.23. The van der Waals surface area contributed by atoms with Crippen molar-refractivity contribution < 1.29 is 14.3 Å². The zero-order valence-corrected chi connectivity index (χ0v) is 14.8. The fraction of sp³-hybridized carbons (Fsp3) is 0.706. The summed E-state index contributed by atoms with van der Waals surface area (Å²) in [7, 11) is 0. The number of aromatic nitrogens is 2. The van der Waals surface area contributed by atoms with Crippen molar-refractivity contribution in [2.45, 2.75) is 71.1 Å². The van der Waals surface area contributed by atoms with Crippen LogP contribution in [0.25, 0.3) is 0 Å². The molecule has 2 N–H and O–H groups in total. The molecule has 0 radical (unpaired) electrons. The van der Waals surface area contributed by atoms with Crippen LogP contribution >= 0.6 is 0 Å². The van der Waals surface area contributed by atoms with Crippen LogP contribution in [-0.2, 0) is 16.1 Å². The number of nitrogens with one attached hydrogen (secondary N) is 2. The van der Waals surface area contributed by atoms with E-state index in [1.54, 1.807) is 6.20 Å². The summed E-state index contributed by atoms with van der Waals surface area (Å²) >= 11 is 0. The fourth-order valence-corrected chi connectivity index (χ4v) is 2.90. The van der Waals surface area contributed by atoms with Crippen LogP contribution < -0.4 is 5.32 Å². The maximum Gasteiger partial charge on any atom is 0.317 e. The SMILES string of the molecule is CC(C)(C)OC(=O)CCC1CCCCN1C(=O)NCc1ccn[nH]1. The van der Waals surface area contributed by atoms with Gasteiger partial charge in [0, 0.05) is 25.2 Å². The summed E-state index contributed by atoms with van der Waals surface area (Å²) in [6, 6.07) is 1.84. The maximum atomic E-state index is 12.4. The molecule has 134 valence electrons. The molecule has 0 aromatic carbocycles. The van der Waals surface area contributed by atoms with E-state index >= 15 is 0 Å². The Morgan fingerprint density at radius 2 is 2.21 bits per heavy atom. The van der Waals surface area contributed by atoms with Crippen molar-refractivity contribution in [1.82, 2.24) is 20.4 Å². The molecule has 2 heterocycles. The maximum absolute atomic E-state index is 12.4. The van der Waals surface area contributed by atoms with Crippen LogP contribution in [0.4, 0.5) is 4.79 Å². The lowest BCUT2D eigenvalue weighted by molar-refractivity contribution is -0.155. The van der Waals surface area contributed by atoms with Crippen molar-refractivity contribution in [3.05, 3.63) is 18.0 Å². The number of nitrogens with zero attached hydrogens (tertiary/aromatic N) is 2. The lowest BCUT2D eigenvalue weighted by atomic mass is 9.98. The molecule has 1 fully saturated rings. The van der Waals surface area contributed by atoms with Crippen LogP contribution in [0.2, 0.25) is 0 Å². The molecule has 7 nitrogen and oxygen atoms in total. The number of H-pyrrole nitrogens is 1. The molecule has 7 heteroatoms. The Labute approximate surface area is 143 Å². The highest BCUT2D eigenvalue weighted by atomic mass is 16.6. The van der Waals surface area contributed by atoms with Crippen LogP contribution in [-0.4, -0.2) is 45.3 Å². The first-order valence-electron chi connectivity index (χ1n) is 8.60. The van der Waals surface area contributed by atoms with E-state index < -0.39 is 5.60 Å². The third-order valence-electron chi connectivity index (χ3n) is 3.98. The second kappa shape index (κ2) is 8.17. The number of carbonyl (C=O) groups is 2. The van der Waals surface area contributed by atoms with Gasteiger partial charge in [-0.25, -0.2) is 4.79 Å². The van der Waals surface area contributed by atoms with Gasteiger partial charge in [0.05, 0.1) is 12.2 Å². The highest BCUT2D eigenvalue weighted by Crippen LogP contribution is 2.22. The highest BCUT2D eigenvalue weighted by Gasteiger charge is 2.27. The van der Waals surface area contributed by atoms with Gasteiger partial charge in [0.25, 0.3) is 0 Å². The summed E-state index contributed by atoms with van der Waals surface area (Å²) in [6.07, 6.45) is 5.66. The van der Waals surface area contributed by atoms with Crippen LogP contribution in [0.3, 0.4) is 0 Å².